The van der Waals surface area contributed by atoms with Gasteiger partial charge in [-0.2, -0.15) is 0 Å². The molecule has 0 aliphatic carbocycles. The highest BCUT2D eigenvalue weighted by Crippen LogP contribution is 2.24. The van der Waals surface area contributed by atoms with Crippen LogP contribution in [0.4, 0.5) is 10.1 Å². The minimum atomic E-state index is -0.392. The predicted molar refractivity (Wildman–Crippen MR) is 78.3 cm³/mol. The summed E-state index contributed by atoms with van der Waals surface area (Å²) in [6.45, 7) is 0.356. The van der Waals surface area contributed by atoms with Crippen LogP contribution in [0, 0.1) is 5.82 Å². The van der Waals surface area contributed by atoms with E-state index in [0.717, 1.165) is 5.56 Å². The number of rotatable bonds is 4. The zero-order chi connectivity index (χ0) is 13.8. The van der Waals surface area contributed by atoms with Gasteiger partial charge < -0.3 is 11.1 Å². The Morgan fingerprint density at radius 3 is 2.53 bits per heavy atom. The lowest BCUT2D eigenvalue weighted by Crippen LogP contribution is -2.20. The Morgan fingerprint density at radius 1 is 1.11 bits per heavy atom. The van der Waals surface area contributed by atoms with Crippen LogP contribution in [0.1, 0.15) is 11.6 Å². The Balaban J connectivity index is 2.23. The van der Waals surface area contributed by atoms with Gasteiger partial charge in [0, 0.05) is 22.3 Å². The molecule has 0 radical (unpaired) electrons. The molecule has 100 valence electrons. The van der Waals surface area contributed by atoms with Gasteiger partial charge in [-0.3, -0.25) is 0 Å². The molecule has 1 unspecified atom stereocenters. The van der Waals surface area contributed by atoms with Crippen LogP contribution in [0.2, 0.25) is 10.0 Å². The molecule has 5 heteroatoms. The van der Waals surface area contributed by atoms with Crippen molar-refractivity contribution in [3.8, 4) is 0 Å². The van der Waals surface area contributed by atoms with E-state index in [0.29, 0.717) is 22.3 Å². The highest BCUT2D eigenvalue weighted by molar-refractivity contribution is 6.31. The lowest BCUT2D eigenvalue weighted by molar-refractivity contribution is 0.627. The molecule has 0 aliphatic heterocycles. The Kier molecular flexibility index (Phi) is 4.64. The molecule has 0 spiro atoms. The highest BCUT2D eigenvalue weighted by Gasteiger charge is 2.10. The maximum Gasteiger partial charge on any atom is 0.126 e. The van der Waals surface area contributed by atoms with Crippen molar-refractivity contribution in [2.24, 2.45) is 5.73 Å². The normalized spacial score (nSPS) is 12.2. The van der Waals surface area contributed by atoms with Crippen molar-refractivity contribution in [1.82, 2.24) is 0 Å². The second kappa shape index (κ2) is 6.24. The highest BCUT2D eigenvalue weighted by atomic mass is 35.5. The van der Waals surface area contributed by atoms with Gasteiger partial charge in [0.15, 0.2) is 0 Å². The second-order valence-corrected chi connectivity index (χ2v) is 5.02. The molecule has 0 amide bonds. The summed E-state index contributed by atoms with van der Waals surface area (Å²) in [5.41, 5.74) is 7.27. The largest absolute Gasteiger partial charge is 0.377 e. The number of hydrogen-bond donors (Lipinski definition) is 2. The first-order valence-electron chi connectivity index (χ1n) is 5.76. The number of halogens is 3. The van der Waals surface area contributed by atoms with Crippen molar-refractivity contribution in [3.63, 3.8) is 0 Å². The van der Waals surface area contributed by atoms with Crippen molar-refractivity contribution < 1.29 is 4.39 Å². The van der Waals surface area contributed by atoms with E-state index in [9.17, 15) is 4.39 Å². The second-order valence-electron chi connectivity index (χ2n) is 4.15. The Morgan fingerprint density at radius 2 is 1.89 bits per heavy atom. The van der Waals surface area contributed by atoms with Gasteiger partial charge in [0.2, 0.25) is 0 Å². The first-order chi connectivity index (χ1) is 9.08. The molecule has 0 aliphatic rings. The third-order valence-electron chi connectivity index (χ3n) is 2.69. The van der Waals surface area contributed by atoms with Crippen LogP contribution in [-0.4, -0.2) is 6.54 Å². The van der Waals surface area contributed by atoms with Crippen molar-refractivity contribution in [2.75, 3.05) is 11.9 Å². The summed E-state index contributed by atoms with van der Waals surface area (Å²) in [5.74, 6) is -0.392. The average molecular weight is 299 g/mol. The van der Waals surface area contributed by atoms with Crippen LogP contribution in [0.5, 0.6) is 0 Å². The van der Waals surface area contributed by atoms with Crippen molar-refractivity contribution in [3.05, 3.63) is 63.9 Å². The zero-order valence-electron chi connectivity index (χ0n) is 10.0. The molecule has 2 nitrogen and oxygen atoms in total. The van der Waals surface area contributed by atoms with E-state index in [2.05, 4.69) is 5.32 Å². The maximum absolute atomic E-state index is 13.3. The van der Waals surface area contributed by atoms with Crippen LogP contribution in [0.25, 0.3) is 0 Å². The SMILES string of the molecule is NCC(Nc1cc(F)cc(Cl)c1)c1cccc(Cl)c1. The topological polar surface area (TPSA) is 38.0 Å². The van der Waals surface area contributed by atoms with E-state index in [1.54, 1.807) is 12.1 Å². The molecular formula is C14H13Cl2FN2. The number of hydrogen-bond acceptors (Lipinski definition) is 2. The average Bonchev–Trinajstić information content (AvgIpc) is 2.34. The van der Waals surface area contributed by atoms with Gasteiger partial charge in [0.1, 0.15) is 5.82 Å². The minimum absolute atomic E-state index is 0.156. The monoisotopic (exact) mass is 298 g/mol. The molecule has 2 aromatic carbocycles. The van der Waals surface area contributed by atoms with Crippen LogP contribution >= 0.6 is 23.2 Å². The fraction of sp³-hybridized carbons (Fsp3) is 0.143. The van der Waals surface area contributed by atoms with Crippen molar-refractivity contribution in [1.29, 1.82) is 0 Å². The van der Waals surface area contributed by atoms with E-state index < -0.39 is 5.82 Å². The molecule has 1 atom stereocenters. The quantitative estimate of drug-likeness (QED) is 0.886. The van der Waals surface area contributed by atoms with E-state index in [4.69, 9.17) is 28.9 Å². The van der Waals surface area contributed by atoms with Gasteiger partial charge in [-0.1, -0.05) is 35.3 Å². The van der Waals surface area contributed by atoms with Crippen LogP contribution in [-0.2, 0) is 0 Å². The minimum Gasteiger partial charge on any atom is -0.377 e. The Labute approximate surface area is 121 Å². The van der Waals surface area contributed by atoms with E-state index in [1.807, 2.05) is 18.2 Å². The fourth-order valence-corrected chi connectivity index (χ4v) is 2.26. The summed E-state index contributed by atoms with van der Waals surface area (Å²) in [4.78, 5) is 0. The van der Waals surface area contributed by atoms with Gasteiger partial charge in [-0.05, 0) is 35.9 Å². The van der Waals surface area contributed by atoms with Gasteiger partial charge >= 0.3 is 0 Å². The molecular weight excluding hydrogens is 286 g/mol. The van der Waals surface area contributed by atoms with E-state index >= 15 is 0 Å². The van der Waals surface area contributed by atoms with Crippen molar-refractivity contribution >= 4 is 28.9 Å². The summed E-state index contributed by atoms with van der Waals surface area (Å²) >= 11 is 11.8. The first kappa shape index (κ1) is 14.1. The molecule has 2 aromatic rings. The lowest BCUT2D eigenvalue weighted by atomic mass is 10.1. The number of benzene rings is 2. The summed E-state index contributed by atoms with van der Waals surface area (Å²) in [7, 11) is 0. The Hall–Kier alpha value is -1.29. The summed E-state index contributed by atoms with van der Waals surface area (Å²) in [5, 5.41) is 4.12. The van der Waals surface area contributed by atoms with Gasteiger partial charge in [-0.15, -0.1) is 0 Å². The molecule has 19 heavy (non-hydrogen) atoms. The molecule has 0 bridgehead atoms. The first-order valence-corrected chi connectivity index (χ1v) is 6.52. The third-order valence-corrected chi connectivity index (χ3v) is 3.14. The molecule has 0 saturated heterocycles. The van der Waals surface area contributed by atoms with E-state index in [-0.39, 0.29) is 6.04 Å². The summed E-state index contributed by atoms with van der Waals surface area (Å²) < 4.78 is 13.3. The molecule has 0 aromatic heterocycles. The fourth-order valence-electron chi connectivity index (χ4n) is 1.84. The summed E-state index contributed by atoms with van der Waals surface area (Å²) in [6.07, 6.45) is 0. The number of nitrogens with two attached hydrogens (primary N) is 1. The smallest absolute Gasteiger partial charge is 0.126 e. The van der Waals surface area contributed by atoms with Crippen molar-refractivity contribution in [2.45, 2.75) is 6.04 Å². The Bertz CT molecular complexity index is 555. The number of nitrogens with one attached hydrogen (secondary N) is 1. The van der Waals surface area contributed by atoms with E-state index in [1.165, 1.54) is 12.1 Å². The van der Waals surface area contributed by atoms with Gasteiger partial charge in [0.25, 0.3) is 0 Å². The van der Waals surface area contributed by atoms with Crippen LogP contribution < -0.4 is 11.1 Å². The van der Waals surface area contributed by atoms with Gasteiger partial charge in [-0.25, -0.2) is 4.39 Å². The lowest BCUT2D eigenvalue weighted by Gasteiger charge is -2.19. The summed E-state index contributed by atoms with van der Waals surface area (Å²) in [6, 6.07) is 11.5. The molecule has 0 heterocycles. The predicted octanol–water partition coefficient (Wildman–Crippen LogP) is 4.24. The van der Waals surface area contributed by atoms with Crippen LogP contribution in [0.15, 0.2) is 42.5 Å². The van der Waals surface area contributed by atoms with Crippen LogP contribution in [0.3, 0.4) is 0 Å². The molecule has 0 saturated carbocycles. The standard InChI is InChI=1S/C14H13Cl2FN2/c15-10-3-1-2-9(4-10)14(8-18)19-13-6-11(16)5-12(17)7-13/h1-7,14,19H,8,18H2. The third kappa shape index (κ3) is 3.83. The molecule has 3 N–H and O–H groups in total. The van der Waals surface area contributed by atoms with Gasteiger partial charge in [0.05, 0.1) is 6.04 Å². The maximum atomic E-state index is 13.3. The molecule has 0 fully saturated rings. The number of anilines is 1. The molecule has 2 rings (SSSR count). The zero-order valence-corrected chi connectivity index (χ0v) is 11.5.